The van der Waals surface area contributed by atoms with E-state index in [1.807, 2.05) is 0 Å². The van der Waals surface area contributed by atoms with Crippen LogP contribution in [0.2, 0.25) is 0 Å². The third-order valence-corrected chi connectivity index (χ3v) is 1.56. The van der Waals surface area contributed by atoms with E-state index in [0.29, 0.717) is 0 Å². The van der Waals surface area contributed by atoms with Crippen LogP contribution < -0.4 is 5.73 Å². The summed E-state index contributed by atoms with van der Waals surface area (Å²) in [6, 6.07) is 0. The van der Waals surface area contributed by atoms with E-state index in [4.69, 9.17) is 5.73 Å². The van der Waals surface area contributed by atoms with Gasteiger partial charge in [0.05, 0.1) is 0 Å². The summed E-state index contributed by atoms with van der Waals surface area (Å²) in [7, 11) is 0. The molecule has 4 N–H and O–H groups in total. The average molecular weight is 184 g/mol. The van der Waals surface area contributed by atoms with Gasteiger partial charge in [-0.2, -0.15) is 0 Å². The molecular weight excluding hydrogens is 162 g/mol. The molecule has 0 aliphatic rings. The van der Waals surface area contributed by atoms with Gasteiger partial charge in [0, 0.05) is 0 Å². The highest BCUT2D eigenvalue weighted by molar-refractivity contribution is 5.85. The Morgan fingerprint density at radius 3 is 1.82 bits per heavy atom. The van der Waals surface area contributed by atoms with Crippen LogP contribution >= 0.6 is 12.4 Å². The zero-order valence-corrected chi connectivity index (χ0v) is 8.25. The largest absolute Gasteiger partial charge is 0.412 e. The van der Waals surface area contributed by atoms with Gasteiger partial charge in [0.25, 0.3) is 0 Å². The smallest absolute Gasteiger partial charge is 0.00773 e. The number of halogens is 1. The van der Waals surface area contributed by atoms with Crippen molar-refractivity contribution in [3.63, 3.8) is 0 Å². The molecule has 0 bridgehead atoms. The standard InChI is InChI=1S/C8H19N.ClH.H2O/c1-2-3-4-5-6-7-8-9;;/h2-9H2,1H3;1H;1H2. The molecule has 0 aromatic rings. The molecule has 0 aromatic carbocycles. The van der Waals surface area contributed by atoms with Gasteiger partial charge in [0.2, 0.25) is 0 Å². The molecule has 0 unspecified atom stereocenters. The van der Waals surface area contributed by atoms with Crippen molar-refractivity contribution in [2.24, 2.45) is 5.73 Å². The second-order valence-corrected chi connectivity index (χ2v) is 2.56. The predicted octanol–water partition coefficient (Wildman–Crippen LogP) is 1.90. The molecule has 0 fully saturated rings. The van der Waals surface area contributed by atoms with Crippen molar-refractivity contribution in [3.05, 3.63) is 0 Å². The van der Waals surface area contributed by atoms with Gasteiger partial charge < -0.3 is 11.2 Å². The summed E-state index contributed by atoms with van der Waals surface area (Å²) in [6.07, 6.45) is 8.05. The summed E-state index contributed by atoms with van der Waals surface area (Å²) in [4.78, 5) is 0. The molecule has 0 aromatic heterocycles. The number of nitrogens with two attached hydrogens (primary N) is 1. The number of hydrogen-bond donors (Lipinski definition) is 1. The molecule has 3 heteroatoms. The molecule has 72 valence electrons. The Kier molecular flexibility index (Phi) is 26.3. The summed E-state index contributed by atoms with van der Waals surface area (Å²) in [5.41, 5.74) is 5.34. The second-order valence-electron chi connectivity index (χ2n) is 2.56. The Bertz CT molecular complexity index is 47.4. The van der Waals surface area contributed by atoms with Crippen LogP contribution in [-0.2, 0) is 0 Å². The molecule has 0 heterocycles. The summed E-state index contributed by atoms with van der Waals surface area (Å²) in [6.45, 7) is 3.11. The molecule has 0 aliphatic heterocycles. The Balaban J connectivity index is -0.000000320. The number of unbranched alkanes of at least 4 members (excludes halogenated alkanes) is 5. The normalized spacial score (nSPS) is 8.18. The maximum atomic E-state index is 5.34. The molecular formula is C8H22ClNO. The minimum atomic E-state index is 0. The Morgan fingerprint density at radius 2 is 1.36 bits per heavy atom. The van der Waals surface area contributed by atoms with Gasteiger partial charge in [-0.15, -0.1) is 12.4 Å². The SMILES string of the molecule is CCCCCCCCN.Cl.O. The van der Waals surface area contributed by atoms with Crippen LogP contribution in [0.1, 0.15) is 45.4 Å². The van der Waals surface area contributed by atoms with Crippen LogP contribution in [0.25, 0.3) is 0 Å². The van der Waals surface area contributed by atoms with Gasteiger partial charge in [-0.1, -0.05) is 39.0 Å². The monoisotopic (exact) mass is 183 g/mol. The minimum absolute atomic E-state index is 0. The lowest BCUT2D eigenvalue weighted by Crippen LogP contribution is -1.97. The fraction of sp³-hybridized carbons (Fsp3) is 1.00. The Labute approximate surface area is 76.3 Å². The van der Waals surface area contributed by atoms with Crippen molar-refractivity contribution in [1.29, 1.82) is 0 Å². The zero-order chi connectivity index (χ0) is 6.95. The van der Waals surface area contributed by atoms with Gasteiger partial charge >= 0.3 is 0 Å². The van der Waals surface area contributed by atoms with Gasteiger partial charge in [0.15, 0.2) is 0 Å². The summed E-state index contributed by atoms with van der Waals surface area (Å²) < 4.78 is 0. The molecule has 2 nitrogen and oxygen atoms in total. The lowest BCUT2D eigenvalue weighted by atomic mass is 10.1. The first-order valence-electron chi connectivity index (χ1n) is 4.12. The quantitative estimate of drug-likeness (QED) is 0.629. The van der Waals surface area contributed by atoms with Crippen molar-refractivity contribution in [3.8, 4) is 0 Å². The van der Waals surface area contributed by atoms with Crippen molar-refractivity contribution >= 4 is 12.4 Å². The lowest BCUT2D eigenvalue weighted by Gasteiger charge is -1.96. The van der Waals surface area contributed by atoms with E-state index < -0.39 is 0 Å². The lowest BCUT2D eigenvalue weighted by molar-refractivity contribution is 0.612. The maximum absolute atomic E-state index is 5.34. The molecule has 0 atom stereocenters. The van der Waals surface area contributed by atoms with Gasteiger partial charge in [-0.25, -0.2) is 0 Å². The van der Waals surface area contributed by atoms with E-state index in [1.165, 1.54) is 38.5 Å². The summed E-state index contributed by atoms with van der Waals surface area (Å²) >= 11 is 0. The minimum Gasteiger partial charge on any atom is -0.412 e. The van der Waals surface area contributed by atoms with E-state index in [2.05, 4.69) is 6.92 Å². The molecule has 0 spiro atoms. The fourth-order valence-electron chi connectivity index (χ4n) is 0.925. The zero-order valence-electron chi connectivity index (χ0n) is 7.44. The van der Waals surface area contributed by atoms with Gasteiger partial charge in [-0.3, -0.25) is 0 Å². The molecule has 0 aliphatic carbocycles. The first kappa shape index (κ1) is 17.3. The highest BCUT2D eigenvalue weighted by Gasteiger charge is 1.85. The Hall–Kier alpha value is 0.210. The third-order valence-electron chi connectivity index (χ3n) is 1.56. The highest BCUT2D eigenvalue weighted by Crippen LogP contribution is 2.03. The van der Waals surface area contributed by atoms with Crippen LogP contribution in [0.4, 0.5) is 0 Å². The second kappa shape index (κ2) is 16.7. The third kappa shape index (κ3) is 17.8. The predicted molar refractivity (Wildman–Crippen MR) is 53.3 cm³/mol. The number of rotatable bonds is 6. The fourth-order valence-corrected chi connectivity index (χ4v) is 0.925. The molecule has 0 amide bonds. The van der Waals surface area contributed by atoms with Crippen LogP contribution in [0.15, 0.2) is 0 Å². The van der Waals surface area contributed by atoms with Gasteiger partial charge in [-0.05, 0) is 13.0 Å². The van der Waals surface area contributed by atoms with E-state index in [1.54, 1.807) is 0 Å². The summed E-state index contributed by atoms with van der Waals surface area (Å²) in [5, 5.41) is 0. The highest BCUT2D eigenvalue weighted by atomic mass is 35.5. The van der Waals surface area contributed by atoms with E-state index in [9.17, 15) is 0 Å². The average Bonchev–Trinajstić information content (AvgIpc) is 1.89. The molecule has 0 rings (SSSR count). The van der Waals surface area contributed by atoms with E-state index >= 15 is 0 Å². The van der Waals surface area contributed by atoms with Crippen molar-refractivity contribution in [2.75, 3.05) is 6.54 Å². The first-order chi connectivity index (χ1) is 4.41. The molecule has 11 heavy (non-hydrogen) atoms. The molecule has 0 saturated heterocycles. The van der Waals surface area contributed by atoms with Crippen LogP contribution in [-0.4, -0.2) is 12.0 Å². The first-order valence-corrected chi connectivity index (χ1v) is 4.12. The van der Waals surface area contributed by atoms with Crippen molar-refractivity contribution in [1.82, 2.24) is 0 Å². The molecule has 0 radical (unpaired) electrons. The van der Waals surface area contributed by atoms with E-state index in [0.717, 1.165) is 6.54 Å². The van der Waals surface area contributed by atoms with Crippen LogP contribution in [0, 0.1) is 0 Å². The maximum Gasteiger partial charge on any atom is -0.00773 e. The topological polar surface area (TPSA) is 57.5 Å². The van der Waals surface area contributed by atoms with Crippen LogP contribution in [0.5, 0.6) is 0 Å². The molecule has 0 saturated carbocycles. The van der Waals surface area contributed by atoms with Crippen LogP contribution in [0.3, 0.4) is 0 Å². The number of hydrogen-bond acceptors (Lipinski definition) is 1. The van der Waals surface area contributed by atoms with E-state index in [-0.39, 0.29) is 17.9 Å². The Morgan fingerprint density at radius 1 is 0.909 bits per heavy atom. The van der Waals surface area contributed by atoms with Crippen molar-refractivity contribution in [2.45, 2.75) is 45.4 Å². The summed E-state index contributed by atoms with van der Waals surface area (Å²) in [5.74, 6) is 0. The van der Waals surface area contributed by atoms with Gasteiger partial charge in [0.1, 0.15) is 0 Å². The van der Waals surface area contributed by atoms with Crippen molar-refractivity contribution < 1.29 is 5.48 Å².